The van der Waals surface area contributed by atoms with Crippen LogP contribution in [0, 0.1) is 19.9 Å². The van der Waals surface area contributed by atoms with Crippen molar-refractivity contribution >= 4 is 38.1 Å². The van der Waals surface area contributed by atoms with Gasteiger partial charge in [0.05, 0.1) is 11.3 Å². The van der Waals surface area contributed by atoms with E-state index in [1.807, 2.05) is 11.3 Å². The van der Waals surface area contributed by atoms with Gasteiger partial charge in [-0.15, -0.1) is 40.7 Å². The van der Waals surface area contributed by atoms with Crippen molar-refractivity contribution in [1.29, 1.82) is 0 Å². The summed E-state index contributed by atoms with van der Waals surface area (Å²) in [6.07, 6.45) is 1.17. The Morgan fingerprint density at radius 3 is 2.42 bits per heavy atom. The van der Waals surface area contributed by atoms with E-state index < -0.39 is 0 Å². The van der Waals surface area contributed by atoms with E-state index in [2.05, 4.69) is 94.4 Å². The van der Waals surface area contributed by atoms with Crippen LogP contribution in [0.2, 0.25) is 0 Å². The average molecular weight is 697 g/mol. The summed E-state index contributed by atoms with van der Waals surface area (Å²) in [7, 11) is 0. The van der Waals surface area contributed by atoms with Crippen molar-refractivity contribution in [2.24, 2.45) is 0 Å². The third kappa shape index (κ3) is 4.87. The van der Waals surface area contributed by atoms with Crippen LogP contribution in [0.3, 0.4) is 0 Å². The Morgan fingerprint density at radius 1 is 1.00 bits per heavy atom. The van der Waals surface area contributed by atoms with Crippen molar-refractivity contribution < 1.29 is 30.0 Å². The zero-order chi connectivity index (χ0) is 26.5. The molecule has 1 aliphatic rings. The van der Waals surface area contributed by atoms with Gasteiger partial charge < -0.3 is 5.11 Å². The number of nitrogens with zero attached hydrogens (tertiary/aromatic N) is 1. The summed E-state index contributed by atoms with van der Waals surface area (Å²) in [5.74, 6) is -0.0625. The third-order valence-electron chi connectivity index (χ3n) is 6.91. The molecule has 1 aliphatic carbocycles. The second-order valence-corrected chi connectivity index (χ2v) is 11.4. The first-order valence-electron chi connectivity index (χ1n) is 12.4. The Hall–Kier alpha value is -3.11. The molecule has 1 radical (unpaired) electrons. The molecule has 2 heterocycles. The molecule has 3 nitrogen and oxygen atoms in total. The third-order valence-corrected chi connectivity index (χ3v) is 8.12. The van der Waals surface area contributed by atoms with Gasteiger partial charge in [-0.1, -0.05) is 55.8 Å². The minimum Gasteiger partial charge on any atom is -0.512 e. The van der Waals surface area contributed by atoms with Crippen LogP contribution in [0.25, 0.3) is 42.7 Å². The molecule has 0 unspecified atom stereocenters. The number of aliphatic hydroxyl groups is 1. The molecule has 0 saturated heterocycles. The van der Waals surface area contributed by atoms with Gasteiger partial charge in [0.1, 0.15) is 0 Å². The molecule has 0 saturated carbocycles. The Bertz CT molecular complexity index is 1720. The first-order valence-corrected chi connectivity index (χ1v) is 13.2. The number of benzene rings is 3. The summed E-state index contributed by atoms with van der Waals surface area (Å²) in [6, 6.07) is 25.4. The van der Waals surface area contributed by atoms with E-state index >= 15 is 0 Å². The molecule has 38 heavy (non-hydrogen) atoms. The molecule has 1 N–H and O–H groups in total. The van der Waals surface area contributed by atoms with Crippen LogP contribution in [0.5, 0.6) is 0 Å². The van der Waals surface area contributed by atoms with Crippen LogP contribution in [-0.4, -0.2) is 15.9 Å². The van der Waals surface area contributed by atoms with E-state index in [0.717, 1.165) is 16.8 Å². The van der Waals surface area contributed by atoms with Gasteiger partial charge >= 0.3 is 0 Å². The first-order chi connectivity index (χ1) is 17.6. The van der Waals surface area contributed by atoms with Gasteiger partial charge in [0.25, 0.3) is 0 Å². The topological polar surface area (TPSA) is 50.2 Å². The average Bonchev–Trinajstić information content (AvgIpc) is 3.32. The Labute approximate surface area is 241 Å². The number of thiophene rings is 1. The molecule has 0 bridgehead atoms. The number of carbonyl (C=O) groups is 1. The van der Waals surface area contributed by atoms with E-state index in [9.17, 15) is 4.79 Å². The van der Waals surface area contributed by atoms with Crippen molar-refractivity contribution in [3.63, 3.8) is 0 Å². The minimum atomic E-state index is -0.125. The molecule has 0 spiro atoms. The molecule has 3 aromatic carbocycles. The number of hydrogen-bond acceptors (Lipinski definition) is 4. The van der Waals surface area contributed by atoms with Crippen molar-refractivity contribution in [2.75, 3.05) is 0 Å². The van der Waals surface area contributed by atoms with E-state index in [-0.39, 0.29) is 37.1 Å². The van der Waals surface area contributed by atoms with Gasteiger partial charge in [0.2, 0.25) is 0 Å². The molecule has 5 heteroatoms. The molecule has 0 aliphatic heterocycles. The molecule has 5 aromatic rings. The van der Waals surface area contributed by atoms with Gasteiger partial charge in [-0.2, -0.15) is 0 Å². The van der Waals surface area contributed by atoms with Crippen molar-refractivity contribution in [3.05, 3.63) is 101 Å². The maximum Gasteiger partial charge on any atom is 0.155 e. The Morgan fingerprint density at radius 2 is 1.74 bits per heavy atom. The number of aliphatic hydroxyl groups excluding tert-OH is 1. The molecular formula is C33H30IrNO2S-. The van der Waals surface area contributed by atoms with E-state index in [4.69, 9.17) is 10.1 Å². The summed E-state index contributed by atoms with van der Waals surface area (Å²) in [4.78, 5) is 16.5. The summed E-state index contributed by atoms with van der Waals surface area (Å²) in [5, 5.41) is 11.0. The fraction of sp³-hybridized carbons (Fsp3) is 0.212. The molecular weight excluding hydrogens is 667 g/mol. The number of fused-ring (bicyclic) bond motifs is 6. The monoisotopic (exact) mass is 697 g/mol. The van der Waals surface area contributed by atoms with Crippen LogP contribution in [0.4, 0.5) is 0 Å². The van der Waals surface area contributed by atoms with Gasteiger partial charge in [-0.25, -0.2) is 0 Å². The number of allylic oxidation sites excluding steroid dienone is 2. The normalized spacial score (nSPS) is 13.4. The van der Waals surface area contributed by atoms with Crippen LogP contribution >= 0.6 is 11.3 Å². The number of carbonyl (C=O) groups excluding carboxylic acids is 1. The number of aromatic nitrogens is 1. The second-order valence-electron chi connectivity index (χ2n) is 10.3. The Kier molecular flexibility index (Phi) is 7.76. The van der Waals surface area contributed by atoms with Gasteiger partial charge in [-0.3, -0.25) is 9.78 Å². The fourth-order valence-corrected chi connectivity index (χ4v) is 6.94. The summed E-state index contributed by atoms with van der Waals surface area (Å²) >= 11 is 1.91. The minimum absolute atomic E-state index is 0. The number of hydrogen-bond donors (Lipinski definition) is 1. The maximum atomic E-state index is 10.0. The summed E-state index contributed by atoms with van der Waals surface area (Å²) in [6.45, 7) is 11.9. The fourth-order valence-electron chi connectivity index (χ4n) is 5.55. The van der Waals surface area contributed by atoms with Gasteiger partial charge in [0, 0.05) is 41.1 Å². The molecule has 2 aromatic heterocycles. The zero-order valence-corrected chi connectivity index (χ0v) is 25.6. The maximum absolute atomic E-state index is 10.0. The van der Waals surface area contributed by atoms with Crippen LogP contribution in [0.15, 0.2) is 72.5 Å². The van der Waals surface area contributed by atoms with E-state index in [0.29, 0.717) is 0 Å². The molecule has 195 valence electrons. The zero-order valence-electron chi connectivity index (χ0n) is 22.4. The largest absolute Gasteiger partial charge is 0.512 e. The van der Waals surface area contributed by atoms with Crippen molar-refractivity contribution in [2.45, 2.75) is 47.0 Å². The number of rotatable bonds is 2. The summed E-state index contributed by atoms with van der Waals surface area (Å²) < 4.78 is 1.37. The Balaban J connectivity index is 0.000000375. The quantitative estimate of drug-likeness (QED) is 0.114. The summed E-state index contributed by atoms with van der Waals surface area (Å²) in [5.41, 5.74) is 9.79. The second kappa shape index (κ2) is 10.6. The molecule has 0 atom stereocenters. The smallest absolute Gasteiger partial charge is 0.155 e. The van der Waals surface area contributed by atoms with Crippen molar-refractivity contribution in [3.8, 4) is 21.7 Å². The van der Waals surface area contributed by atoms with E-state index in [1.54, 1.807) is 0 Å². The predicted molar refractivity (Wildman–Crippen MR) is 156 cm³/mol. The number of aryl methyl sites for hydroxylation is 2. The first kappa shape index (κ1) is 27.9. The van der Waals surface area contributed by atoms with Crippen molar-refractivity contribution in [1.82, 2.24) is 4.98 Å². The van der Waals surface area contributed by atoms with E-state index in [1.165, 1.54) is 68.1 Å². The number of ketones is 1. The van der Waals surface area contributed by atoms with Gasteiger partial charge in [0.15, 0.2) is 5.78 Å². The van der Waals surface area contributed by atoms with Crippen LogP contribution < -0.4 is 0 Å². The molecule has 0 amide bonds. The SMILES string of the molecule is CC(=O)/C=C(/C)O.Cc1cc(C)c2ccc(-c3[c-]ccc4c3C(C)(C)c3c-4sc4ccccc34)nc2c1.[Ir]. The predicted octanol–water partition coefficient (Wildman–Crippen LogP) is 8.87. The van der Waals surface area contributed by atoms with Crippen LogP contribution in [0.1, 0.15) is 49.9 Å². The standard InChI is InChI=1S/C28H22NS.C5H8O2.Ir/c1-16-14-17(2)18-12-13-22(29-23(18)15-16)19-9-7-10-21-25(19)28(3,4)26-20-8-5-6-11-24(20)30-27(21)26;1-4(6)3-5(2)7;/h5-8,10-15H,1-4H3;3,6H,1-2H3;/q-1;;/b;4-3-;. The molecule has 0 fully saturated rings. The number of pyridine rings is 1. The molecule has 6 rings (SSSR count). The van der Waals surface area contributed by atoms with Crippen LogP contribution in [-0.2, 0) is 30.3 Å². The van der Waals surface area contributed by atoms with Gasteiger partial charge in [-0.05, 0) is 73.0 Å².